The van der Waals surface area contributed by atoms with Gasteiger partial charge in [-0.1, -0.05) is 0 Å². The highest BCUT2D eigenvalue weighted by molar-refractivity contribution is 5.94. The standard InChI is InChI=1S/C15H16N4O4/c1-22-13-4-5-14(18-17-13)23-11-6-7-19(9-11)15(21)10-2-3-12(20)16-8-10/h2-5,8,11H,6-7,9H2,1H3,(H,16,20)/t11-/m1/s1. The Hall–Kier alpha value is -2.90. The van der Waals surface area contributed by atoms with Crippen LogP contribution in [0.25, 0.3) is 0 Å². The molecule has 0 aromatic carbocycles. The number of amides is 1. The number of likely N-dealkylation sites (tertiary alicyclic amines) is 1. The number of carbonyl (C=O) groups excluding carboxylic acids is 1. The lowest BCUT2D eigenvalue weighted by Crippen LogP contribution is -2.31. The lowest BCUT2D eigenvalue weighted by atomic mass is 10.2. The maximum atomic E-state index is 12.3. The molecule has 1 atom stereocenters. The first kappa shape index (κ1) is 15.0. The van der Waals surface area contributed by atoms with E-state index >= 15 is 0 Å². The van der Waals surface area contributed by atoms with Crippen LogP contribution in [0.4, 0.5) is 0 Å². The minimum atomic E-state index is -0.234. The smallest absolute Gasteiger partial charge is 0.255 e. The zero-order chi connectivity index (χ0) is 16.2. The van der Waals surface area contributed by atoms with Crippen molar-refractivity contribution in [3.8, 4) is 11.8 Å². The van der Waals surface area contributed by atoms with Crippen molar-refractivity contribution in [1.82, 2.24) is 20.1 Å². The summed E-state index contributed by atoms with van der Waals surface area (Å²) in [4.78, 5) is 27.6. The summed E-state index contributed by atoms with van der Waals surface area (Å²) in [6, 6.07) is 6.20. The van der Waals surface area contributed by atoms with Gasteiger partial charge in [-0.3, -0.25) is 9.59 Å². The van der Waals surface area contributed by atoms with E-state index in [0.29, 0.717) is 36.8 Å². The van der Waals surface area contributed by atoms with Gasteiger partial charge >= 0.3 is 0 Å². The monoisotopic (exact) mass is 316 g/mol. The maximum absolute atomic E-state index is 12.3. The molecule has 0 bridgehead atoms. The Balaban J connectivity index is 1.60. The number of hydrogen-bond acceptors (Lipinski definition) is 6. The fourth-order valence-corrected chi connectivity index (χ4v) is 2.39. The summed E-state index contributed by atoms with van der Waals surface area (Å²) in [6.45, 7) is 1.05. The number of ether oxygens (including phenoxy) is 2. The van der Waals surface area contributed by atoms with E-state index in [9.17, 15) is 9.59 Å². The predicted molar refractivity (Wildman–Crippen MR) is 80.6 cm³/mol. The number of aromatic nitrogens is 3. The molecule has 23 heavy (non-hydrogen) atoms. The first-order valence-electron chi connectivity index (χ1n) is 7.18. The van der Waals surface area contributed by atoms with Crippen molar-refractivity contribution in [2.45, 2.75) is 12.5 Å². The van der Waals surface area contributed by atoms with E-state index in [4.69, 9.17) is 9.47 Å². The topological polar surface area (TPSA) is 97.4 Å². The molecular weight excluding hydrogens is 300 g/mol. The average molecular weight is 316 g/mol. The molecular formula is C15H16N4O4. The molecule has 8 heteroatoms. The molecule has 1 saturated heterocycles. The van der Waals surface area contributed by atoms with Gasteiger partial charge in [0.25, 0.3) is 5.91 Å². The zero-order valence-electron chi connectivity index (χ0n) is 12.6. The average Bonchev–Trinajstić information content (AvgIpc) is 3.04. The minimum absolute atomic E-state index is 0.131. The van der Waals surface area contributed by atoms with E-state index in [1.165, 1.54) is 25.4 Å². The van der Waals surface area contributed by atoms with E-state index in [0.717, 1.165) is 0 Å². The molecule has 3 rings (SSSR count). The summed E-state index contributed by atoms with van der Waals surface area (Å²) in [6.07, 6.45) is 2.00. The van der Waals surface area contributed by atoms with E-state index in [-0.39, 0.29) is 17.6 Å². The van der Waals surface area contributed by atoms with Crippen LogP contribution in [0, 0.1) is 0 Å². The lowest BCUT2D eigenvalue weighted by molar-refractivity contribution is 0.0770. The molecule has 8 nitrogen and oxygen atoms in total. The summed E-state index contributed by atoms with van der Waals surface area (Å²) < 4.78 is 10.7. The van der Waals surface area contributed by atoms with Gasteiger partial charge in [-0.25, -0.2) is 0 Å². The Morgan fingerprint density at radius 1 is 1.26 bits per heavy atom. The van der Waals surface area contributed by atoms with Crippen LogP contribution in [0.5, 0.6) is 11.8 Å². The largest absolute Gasteiger partial charge is 0.480 e. The molecule has 2 aromatic rings. The molecule has 1 aliphatic heterocycles. The van der Waals surface area contributed by atoms with Crippen LogP contribution in [0.15, 0.2) is 35.3 Å². The van der Waals surface area contributed by atoms with Crippen molar-refractivity contribution < 1.29 is 14.3 Å². The number of nitrogens with zero attached hydrogens (tertiary/aromatic N) is 3. The van der Waals surface area contributed by atoms with Crippen LogP contribution < -0.4 is 15.0 Å². The number of rotatable bonds is 4. The maximum Gasteiger partial charge on any atom is 0.255 e. The van der Waals surface area contributed by atoms with Crippen molar-refractivity contribution in [2.75, 3.05) is 20.2 Å². The van der Waals surface area contributed by atoms with Gasteiger partial charge < -0.3 is 19.4 Å². The second kappa shape index (κ2) is 6.47. The third-order valence-corrected chi connectivity index (χ3v) is 3.58. The van der Waals surface area contributed by atoms with Crippen molar-refractivity contribution >= 4 is 5.91 Å². The summed E-state index contributed by atoms with van der Waals surface area (Å²) in [5.41, 5.74) is 0.219. The van der Waals surface area contributed by atoms with Crippen LogP contribution in [0.1, 0.15) is 16.8 Å². The first-order chi connectivity index (χ1) is 11.2. The van der Waals surface area contributed by atoms with Crippen molar-refractivity contribution in [3.05, 3.63) is 46.4 Å². The Labute approximate surface area is 132 Å². The van der Waals surface area contributed by atoms with Crippen molar-refractivity contribution in [1.29, 1.82) is 0 Å². The fourth-order valence-electron chi connectivity index (χ4n) is 2.39. The zero-order valence-corrected chi connectivity index (χ0v) is 12.6. The fraction of sp³-hybridized carbons (Fsp3) is 0.333. The highest BCUT2D eigenvalue weighted by Gasteiger charge is 2.28. The molecule has 0 spiro atoms. The van der Waals surface area contributed by atoms with Crippen LogP contribution in [0.2, 0.25) is 0 Å². The summed E-state index contributed by atoms with van der Waals surface area (Å²) in [5.74, 6) is 0.681. The van der Waals surface area contributed by atoms with E-state index in [1.807, 2.05) is 0 Å². The molecule has 0 saturated carbocycles. The number of pyridine rings is 1. The van der Waals surface area contributed by atoms with Gasteiger partial charge in [-0.05, 0) is 6.07 Å². The van der Waals surface area contributed by atoms with Crippen molar-refractivity contribution in [3.63, 3.8) is 0 Å². The van der Waals surface area contributed by atoms with Gasteiger partial charge in [0.05, 0.1) is 19.2 Å². The third kappa shape index (κ3) is 3.47. The molecule has 3 heterocycles. The Kier molecular flexibility index (Phi) is 4.22. The highest BCUT2D eigenvalue weighted by atomic mass is 16.5. The summed E-state index contributed by atoms with van der Waals surface area (Å²) in [7, 11) is 1.52. The number of hydrogen-bond donors (Lipinski definition) is 1. The number of nitrogens with one attached hydrogen (secondary N) is 1. The normalized spacial score (nSPS) is 17.1. The van der Waals surface area contributed by atoms with Gasteiger partial charge in [0.15, 0.2) is 0 Å². The molecule has 2 aromatic heterocycles. The first-order valence-corrected chi connectivity index (χ1v) is 7.18. The van der Waals surface area contributed by atoms with Gasteiger partial charge in [0.1, 0.15) is 6.10 Å². The molecule has 1 N–H and O–H groups in total. The van der Waals surface area contributed by atoms with Crippen molar-refractivity contribution in [2.24, 2.45) is 0 Å². The lowest BCUT2D eigenvalue weighted by Gasteiger charge is -2.16. The van der Waals surface area contributed by atoms with Gasteiger partial charge in [0, 0.05) is 37.4 Å². The van der Waals surface area contributed by atoms with E-state index in [1.54, 1.807) is 17.0 Å². The number of methoxy groups -OCH3 is 1. The molecule has 0 radical (unpaired) electrons. The number of carbonyl (C=O) groups is 1. The van der Waals surface area contributed by atoms with Gasteiger partial charge in [0.2, 0.25) is 17.3 Å². The third-order valence-electron chi connectivity index (χ3n) is 3.58. The second-order valence-electron chi connectivity index (χ2n) is 5.14. The van der Waals surface area contributed by atoms with E-state index < -0.39 is 0 Å². The van der Waals surface area contributed by atoms with Crippen LogP contribution in [0.3, 0.4) is 0 Å². The quantitative estimate of drug-likeness (QED) is 0.880. The second-order valence-corrected chi connectivity index (χ2v) is 5.14. The van der Waals surface area contributed by atoms with Crippen LogP contribution in [-0.2, 0) is 0 Å². The highest BCUT2D eigenvalue weighted by Crippen LogP contribution is 2.18. The Morgan fingerprint density at radius 2 is 2.04 bits per heavy atom. The molecule has 1 aliphatic rings. The molecule has 0 unspecified atom stereocenters. The van der Waals surface area contributed by atoms with Crippen LogP contribution in [-0.4, -0.2) is 52.3 Å². The minimum Gasteiger partial charge on any atom is -0.480 e. The molecule has 1 fully saturated rings. The Morgan fingerprint density at radius 3 is 2.70 bits per heavy atom. The van der Waals surface area contributed by atoms with E-state index in [2.05, 4.69) is 15.2 Å². The summed E-state index contributed by atoms with van der Waals surface area (Å²) >= 11 is 0. The number of aromatic amines is 1. The molecule has 120 valence electrons. The molecule has 0 aliphatic carbocycles. The molecule has 1 amide bonds. The van der Waals surface area contributed by atoms with Crippen LogP contribution >= 0.6 is 0 Å². The SMILES string of the molecule is COc1ccc(O[C@@H]2CCN(C(=O)c3ccc(=O)[nH]c3)C2)nn1. The number of H-pyrrole nitrogens is 1. The summed E-state index contributed by atoms with van der Waals surface area (Å²) in [5, 5.41) is 7.75. The Bertz CT molecular complexity index is 723. The van der Waals surface area contributed by atoms with Gasteiger partial charge in [-0.2, -0.15) is 0 Å². The van der Waals surface area contributed by atoms with Gasteiger partial charge in [-0.15, -0.1) is 10.2 Å². The predicted octanol–water partition coefficient (Wildman–Crippen LogP) is 0.467.